The fourth-order valence-electron chi connectivity index (χ4n) is 1.06. The molecule has 0 atom stereocenters. The van der Waals surface area contributed by atoms with Crippen LogP contribution in [0.2, 0.25) is 0 Å². The zero-order valence-corrected chi connectivity index (χ0v) is 10.8. The molecule has 1 rings (SSSR count). The van der Waals surface area contributed by atoms with E-state index in [4.69, 9.17) is 11.6 Å². The maximum absolute atomic E-state index is 11.4. The molecule has 6 heteroatoms. The zero-order valence-electron chi connectivity index (χ0n) is 8.42. The van der Waals surface area contributed by atoms with E-state index in [2.05, 4.69) is 26.0 Å². The first-order valence-electron chi connectivity index (χ1n) is 4.32. The molecule has 1 amide bonds. The third kappa shape index (κ3) is 3.21. The highest BCUT2D eigenvalue weighted by Crippen LogP contribution is 2.21. The van der Waals surface area contributed by atoms with E-state index in [1.807, 2.05) is 0 Å². The zero-order chi connectivity index (χ0) is 12.1. The van der Waals surface area contributed by atoms with Crippen molar-refractivity contribution >= 4 is 45.1 Å². The third-order valence-electron chi connectivity index (χ3n) is 1.78. The van der Waals surface area contributed by atoms with Gasteiger partial charge in [0.25, 0.3) is 0 Å². The van der Waals surface area contributed by atoms with Gasteiger partial charge in [0.15, 0.2) is 0 Å². The van der Waals surface area contributed by atoms with Crippen molar-refractivity contribution in [3.05, 3.63) is 28.2 Å². The molecular formula is C10H9BrClNO3. The van der Waals surface area contributed by atoms with Gasteiger partial charge in [-0.05, 0) is 34.1 Å². The number of rotatable bonds is 3. The van der Waals surface area contributed by atoms with E-state index in [-0.39, 0.29) is 11.8 Å². The van der Waals surface area contributed by atoms with Crippen LogP contribution >= 0.6 is 27.5 Å². The number of anilines is 1. The summed E-state index contributed by atoms with van der Waals surface area (Å²) >= 11 is 8.57. The molecule has 0 bridgehead atoms. The summed E-state index contributed by atoms with van der Waals surface area (Å²) in [6.07, 6.45) is 0. The van der Waals surface area contributed by atoms with Gasteiger partial charge in [0.2, 0.25) is 5.91 Å². The summed E-state index contributed by atoms with van der Waals surface area (Å²) in [6.45, 7) is 0. The SMILES string of the molecule is COC(=O)c1cc(NC(=O)CCl)ccc1Br. The largest absolute Gasteiger partial charge is 0.465 e. The molecule has 0 unspecified atom stereocenters. The molecule has 0 saturated heterocycles. The second kappa shape index (κ2) is 5.86. The molecule has 0 aromatic heterocycles. The second-order valence-corrected chi connectivity index (χ2v) is 3.99. The summed E-state index contributed by atoms with van der Waals surface area (Å²) in [7, 11) is 1.29. The molecule has 1 aromatic carbocycles. The lowest BCUT2D eigenvalue weighted by atomic mass is 10.2. The summed E-state index contributed by atoms with van der Waals surface area (Å²) in [5.41, 5.74) is 0.837. The molecule has 0 aliphatic heterocycles. The monoisotopic (exact) mass is 305 g/mol. The first-order valence-corrected chi connectivity index (χ1v) is 5.65. The Bertz CT molecular complexity index is 423. The topological polar surface area (TPSA) is 55.4 Å². The number of methoxy groups -OCH3 is 1. The molecule has 0 aliphatic rings. The van der Waals surface area contributed by atoms with E-state index in [1.165, 1.54) is 13.2 Å². The molecule has 16 heavy (non-hydrogen) atoms. The van der Waals surface area contributed by atoms with Crippen molar-refractivity contribution in [3.63, 3.8) is 0 Å². The average molecular weight is 307 g/mol. The van der Waals surface area contributed by atoms with Gasteiger partial charge < -0.3 is 10.1 Å². The Hall–Kier alpha value is -1.07. The van der Waals surface area contributed by atoms with Crippen LogP contribution in [-0.2, 0) is 9.53 Å². The molecule has 0 saturated carbocycles. The number of amides is 1. The van der Waals surface area contributed by atoms with Crippen LogP contribution in [0.4, 0.5) is 5.69 Å². The highest BCUT2D eigenvalue weighted by molar-refractivity contribution is 9.10. The van der Waals surface area contributed by atoms with Crippen LogP contribution < -0.4 is 5.32 Å². The Kier molecular flexibility index (Phi) is 4.76. The molecule has 0 radical (unpaired) electrons. The van der Waals surface area contributed by atoms with Gasteiger partial charge in [-0.25, -0.2) is 4.79 Å². The van der Waals surface area contributed by atoms with Crippen molar-refractivity contribution in [1.82, 2.24) is 0 Å². The van der Waals surface area contributed by atoms with Gasteiger partial charge in [-0.15, -0.1) is 11.6 Å². The van der Waals surface area contributed by atoms with Gasteiger partial charge >= 0.3 is 5.97 Å². The van der Waals surface area contributed by atoms with E-state index >= 15 is 0 Å². The number of esters is 1. The number of nitrogens with one attached hydrogen (secondary N) is 1. The first-order chi connectivity index (χ1) is 7.58. The van der Waals surface area contributed by atoms with Crippen LogP contribution in [0.5, 0.6) is 0 Å². The lowest BCUT2D eigenvalue weighted by Gasteiger charge is -2.06. The molecule has 0 fully saturated rings. The Morgan fingerprint density at radius 3 is 2.75 bits per heavy atom. The van der Waals surface area contributed by atoms with Crippen molar-refractivity contribution in [2.45, 2.75) is 0 Å². The summed E-state index contributed by atoms with van der Waals surface area (Å²) in [5, 5.41) is 2.54. The second-order valence-electron chi connectivity index (χ2n) is 2.87. The van der Waals surface area contributed by atoms with Crippen molar-refractivity contribution in [2.75, 3.05) is 18.3 Å². The minimum atomic E-state index is -0.478. The number of carbonyl (C=O) groups is 2. The summed E-state index contributed by atoms with van der Waals surface area (Å²) in [4.78, 5) is 22.4. The predicted octanol–water partition coefficient (Wildman–Crippen LogP) is 2.41. The summed E-state index contributed by atoms with van der Waals surface area (Å²) < 4.78 is 5.20. The molecule has 0 spiro atoms. The Balaban J connectivity index is 2.98. The van der Waals surface area contributed by atoms with E-state index in [9.17, 15) is 9.59 Å². The highest BCUT2D eigenvalue weighted by atomic mass is 79.9. The molecule has 0 heterocycles. The molecule has 86 valence electrons. The number of alkyl halides is 1. The van der Waals surface area contributed by atoms with Crippen LogP contribution in [0.3, 0.4) is 0 Å². The quantitative estimate of drug-likeness (QED) is 0.689. The van der Waals surface area contributed by atoms with Crippen LogP contribution in [0.25, 0.3) is 0 Å². The maximum atomic E-state index is 11.4. The molecule has 1 aromatic rings. The Morgan fingerprint density at radius 2 is 2.19 bits per heavy atom. The van der Waals surface area contributed by atoms with Gasteiger partial charge in [-0.1, -0.05) is 0 Å². The lowest BCUT2D eigenvalue weighted by Crippen LogP contribution is -2.13. The van der Waals surface area contributed by atoms with Crippen LogP contribution in [-0.4, -0.2) is 24.9 Å². The Labute approximate surface area is 106 Å². The van der Waals surface area contributed by atoms with Gasteiger partial charge in [0, 0.05) is 10.2 Å². The molecule has 0 aliphatic carbocycles. The number of hydrogen-bond donors (Lipinski definition) is 1. The van der Waals surface area contributed by atoms with Crippen LogP contribution in [0, 0.1) is 0 Å². The van der Waals surface area contributed by atoms with Crippen molar-refractivity contribution in [2.24, 2.45) is 0 Å². The maximum Gasteiger partial charge on any atom is 0.339 e. The van der Waals surface area contributed by atoms with E-state index in [0.717, 1.165) is 0 Å². The van der Waals surface area contributed by atoms with Crippen molar-refractivity contribution in [3.8, 4) is 0 Å². The van der Waals surface area contributed by atoms with E-state index < -0.39 is 5.97 Å². The first kappa shape index (κ1) is 13.0. The molecular weight excluding hydrogens is 297 g/mol. The van der Waals surface area contributed by atoms with Gasteiger partial charge in [-0.3, -0.25) is 4.79 Å². The van der Waals surface area contributed by atoms with Gasteiger partial charge in [0.1, 0.15) is 5.88 Å². The molecule has 1 N–H and O–H groups in total. The van der Waals surface area contributed by atoms with Crippen molar-refractivity contribution in [1.29, 1.82) is 0 Å². The average Bonchev–Trinajstić information content (AvgIpc) is 2.30. The van der Waals surface area contributed by atoms with Crippen molar-refractivity contribution < 1.29 is 14.3 Å². The third-order valence-corrected chi connectivity index (χ3v) is 2.71. The van der Waals surface area contributed by atoms with E-state index in [0.29, 0.717) is 15.7 Å². The minimum absolute atomic E-state index is 0.135. The number of benzene rings is 1. The number of halogens is 2. The van der Waals surface area contributed by atoms with Crippen LogP contribution in [0.1, 0.15) is 10.4 Å². The smallest absolute Gasteiger partial charge is 0.339 e. The summed E-state index contributed by atoms with van der Waals surface area (Å²) in [5.74, 6) is -0.947. The number of carbonyl (C=O) groups excluding carboxylic acids is 2. The minimum Gasteiger partial charge on any atom is -0.465 e. The lowest BCUT2D eigenvalue weighted by molar-refractivity contribution is -0.113. The fraction of sp³-hybridized carbons (Fsp3) is 0.200. The number of hydrogen-bond acceptors (Lipinski definition) is 3. The fourth-order valence-corrected chi connectivity index (χ4v) is 1.54. The van der Waals surface area contributed by atoms with Gasteiger partial charge in [0.05, 0.1) is 12.7 Å². The highest BCUT2D eigenvalue weighted by Gasteiger charge is 2.11. The normalized spacial score (nSPS) is 9.69. The van der Waals surface area contributed by atoms with Gasteiger partial charge in [-0.2, -0.15) is 0 Å². The Morgan fingerprint density at radius 1 is 1.50 bits per heavy atom. The van der Waals surface area contributed by atoms with E-state index in [1.54, 1.807) is 12.1 Å². The number of ether oxygens (including phenoxy) is 1. The van der Waals surface area contributed by atoms with Crippen LogP contribution in [0.15, 0.2) is 22.7 Å². The predicted molar refractivity (Wildman–Crippen MR) is 64.8 cm³/mol. The summed E-state index contributed by atoms with van der Waals surface area (Å²) in [6, 6.07) is 4.82. The standard InChI is InChI=1S/C10H9BrClNO3/c1-16-10(15)7-4-6(2-3-8(7)11)13-9(14)5-12/h2-4H,5H2,1H3,(H,13,14). The molecule has 4 nitrogen and oxygen atoms in total.